The molecule has 2 atom stereocenters. The third-order valence-electron chi connectivity index (χ3n) is 7.03. The Labute approximate surface area is 235 Å². The maximum Gasteiger partial charge on any atom is 0.374 e. The van der Waals surface area contributed by atoms with E-state index >= 15 is 0 Å². The number of oxazole rings is 1. The molecule has 208 valence electrons. The van der Waals surface area contributed by atoms with Crippen LogP contribution in [-0.4, -0.2) is 43.6 Å². The molecule has 1 spiro atoms. The number of hydrogen-bond donors (Lipinski definition) is 2. The van der Waals surface area contributed by atoms with Gasteiger partial charge in [-0.3, -0.25) is 9.11 Å². The number of benzene rings is 2. The molecule has 3 heterocycles. The zero-order chi connectivity index (χ0) is 28.2. The summed E-state index contributed by atoms with van der Waals surface area (Å²) >= 11 is 12.4. The lowest BCUT2D eigenvalue weighted by Gasteiger charge is -2.45. The van der Waals surface area contributed by atoms with Gasteiger partial charge in [-0.15, -0.1) is 0 Å². The number of quaternary nitrogens is 1. The topological polar surface area (TPSA) is 135 Å². The SMILES string of the molecule is CCC(/C=C1\Oc2ccc(Cl)cc2[N+]12CCC2S(=O)(=O)O)=C\c1oc2ccc(Cl)cc2[n+]1CCCS(=O)(=O)O. The van der Waals surface area contributed by atoms with Crippen molar-refractivity contribution >= 4 is 66.3 Å². The van der Waals surface area contributed by atoms with E-state index in [1.54, 1.807) is 53.1 Å². The molecule has 5 rings (SSSR count). The van der Waals surface area contributed by atoms with E-state index in [-0.39, 0.29) is 23.9 Å². The van der Waals surface area contributed by atoms with E-state index in [1.165, 1.54) is 0 Å². The van der Waals surface area contributed by atoms with Crippen LogP contribution in [0.3, 0.4) is 0 Å². The Morgan fingerprint density at radius 2 is 1.85 bits per heavy atom. The second-order valence-electron chi connectivity index (χ2n) is 9.46. The van der Waals surface area contributed by atoms with Crippen LogP contribution in [0.1, 0.15) is 32.1 Å². The van der Waals surface area contributed by atoms with Gasteiger partial charge in [0.25, 0.3) is 15.6 Å². The van der Waals surface area contributed by atoms with Gasteiger partial charge in [0.2, 0.25) is 11.0 Å². The first-order chi connectivity index (χ1) is 18.3. The molecule has 2 aliphatic heterocycles. The average Bonchev–Trinajstić information content (AvgIpc) is 3.31. The van der Waals surface area contributed by atoms with Gasteiger partial charge >= 0.3 is 21.9 Å². The van der Waals surface area contributed by atoms with E-state index in [2.05, 4.69) is 0 Å². The zero-order valence-corrected chi connectivity index (χ0v) is 23.9. The monoisotopic (exact) mass is 616 g/mol. The Morgan fingerprint density at radius 3 is 2.49 bits per heavy atom. The van der Waals surface area contributed by atoms with E-state index in [0.717, 1.165) is 5.57 Å². The van der Waals surface area contributed by atoms with Gasteiger partial charge in [0, 0.05) is 34.7 Å². The van der Waals surface area contributed by atoms with Gasteiger partial charge < -0.3 is 9.15 Å². The van der Waals surface area contributed by atoms with E-state index in [9.17, 15) is 25.9 Å². The van der Waals surface area contributed by atoms with Crippen molar-refractivity contribution in [1.29, 1.82) is 0 Å². The summed E-state index contributed by atoms with van der Waals surface area (Å²) in [7, 11) is -8.56. The van der Waals surface area contributed by atoms with Crippen molar-refractivity contribution in [2.75, 3.05) is 12.3 Å². The maximum atomic E-state index is 12.3. The Morgan fingerprint density at radius 1 is 1.13 bits per heavy atom. The Balaban J connectivity index is 1.60. The average molecular weight is 618 g/mol. The summed E-state index contributed by atoms with van der Waals surface area (Å²) in [6.45, 7) is 2.52. The molecule has 0 radical (unpaired) electrons. The van der Waals surface area contributed by atoms with Gasteiger partial charge in [-0.25, -0.2) is 4.48 Å². The molecule has 3 aromatic rings. The summed E-state index contributed by atoms with van der Waals surface area (Å²) in [5.74, 6) is 0.753. The summed E-state index contributed by atoms with van der Waals surface area (Å²) in [4.78, 5) is 0. The fraction of sp³-hybridized carbons (Fsp3) is 0.320. The molecule has 2 unspecified atom stereocenters. The molecule has 1 fully saturated rings. The van der Waals surface area contributed by atoms with E-state index in [4.69, 9.17) is 32.4 Å². The van der Waals surface area contributed by atoms with Crippen molar-refractivity contribution in [3.63, 3.8) is 0 Å². The fourth-order valence-electron chi connectivity index (χ4n) is 5.12. The zero-order valence-electron chi connectivity index (χ0n) is 20.7. The van der Waals surface area contributed by atoms with Crippen LogP contribution >= 0.6 is 23.2 Å². The standard InChI is InChI=1S/C25H24Cl2N2O8S2/c1-2-16(12-23-28(9-3-11-38(30,31)32)19-14-17(26)4-6-21(19)36-23)13-24-29(10-8-25(29)39(33,34)35)20-15-18(27)5-7-22(20)37-24/h4-7,12-15,25H,2-3,8-11H2,1H3/p+2/b16-12+,24-13-. The Hall–Kier alpha value is -2.45. The number of ether oxygens (including phenoxy) is 1. The molecule has 39 heavy (non-hydrogen) atoms. The summed E-state index contributed by atoms with van der Waals surface area (Å²) < 4.78 is 80.2. The van der Waals surface area contributed by atoms with Crippen molar-refractivity contribution in [3.8, 4) is 5.75 Å². The van der Waals surface area contributed by atoms with E-state index in [1.807, 2.05) is 6.92 Å². The highest BCUT2D eigenvalue weighted by atomic mass is 35.5. The lowest BCUT2D eigenvalue weighted by molar-refractivity contribution is -0.677. The van der Waals surface area contributed by atoms with Gasteiger partial charge in [-0.1, -0.05) is 30.1 Å². The van der Waals surface area contributed by atoms with Gasteiger partial charge in [0.15, 0.2) is 18.0 Å². The van der Waals surface area contributed by atoms with Crippen LogP contribution in [0.5, 0.6) is 5.75 Å². The first kappa shape index (κ1) is 28.1. The van der Waals surface area contributed by atoms with E-state index in [0.29, 0.717) is 57.3 Å². The normalized spacial score (nSPS) is 22.3. The van der Waals surface area contributed by atoms with Crippen LogP contribution in [0.4, 0.5) is 5.69 Å². The lowest BCUT2D eigenvalue weighted by atomic mass is 10.1. The molecule has 14 heteroatoms. The molecule has 2 aromatic carbocycles. The molecule has 1 aromatic heterocycles. The number of allylic oxidation sites excluding steroid dienone is 2. The van der Waals surface area contributed by atoms with Crippen molar-refractivity contribution < 1.29 is 39.7 Å². The fourth-order valence-corrected chi connectivity index (χ4v) is 7.13. The molecule has 10 nitrogen and oxygen atoms in total. The highest BCUT2D eigenvalue weighted by molar-refractivity contribution is 7.86. The van der Waals surface area contributed by atoms with Crippen molar-refractivity contribution in [1.82, 2.24) is 4.48 Å². The smallest absolute Gasteiger partial charge is 0.374 e. The van der Waals surface area contributed by atoms with Crippen LogP contribution in [0.25, 0.3) is 17.2 Å². The molecule has 0 bridgehead atoms. The molecule has 0 amide bonds. The first-order valence-corrected chi connectivity index (χ1v) is 16.0. The molecule has 2 N–H and O–H groups in total. The van der Waals surface area contributed by atoms with Crippen molar-refractivity contribution in [2.45, 2.75) is 38.1 Å². The van der Waals surface area contributed by atoms with Crippen LogP contribution in [0.15, 0.2) is 58.3 Å². The number of nitrogens with zero attached hydrogens (tertiary/aromatic N) is 2. The highest BCUT2D eigenvalue weighted by Gasteiger charge is 2.63. The number of rotatable bonds is 8. The minimum Gasteiger partial charge on any atom is -0.406 e. The lowest BCUT2D eigenvalue weighted by Crippen LogP contribution is -2.67. The predicted octanol–water partition coefficient (Wildman–Crippen LogP) is 4.96. The number of aromatic nitrogens is 1. The van der Waals surface area contributed by atoms with Gasteiger partial charge in [0.05, 0.1) is 24.8 Å². The molecule has 2 aliphatic rings. The third-order valence-corrected chi connectivity index (χ3v) is 9.58. The van der Waals surface area contributed by atoms with Crippen LogP contribution in [-0.2, 0) is 26.8 Å². The minimum absolute atomic E-state index is 0.128. The number of aryl methyl sites for hydroxylation is 1. The predicted molar refractivity (Wildman–Crippen MR) is 147 cm³/mol. The van der Waals surface area contributed by atoms with Crippen LogP contribution < -0.4 is 13.8 Å². The quantitative estimate of drug-likeness (QED) is 0.206. The van der Waals surface area contributed by atoms with E-state index < -0.39 is 31.4 Å². The van der Waals surface area contributed by atoms with Crippen molar-refractivity contribution in [2.24, 2.45) is 0 Å². The summed E-state index contributed by atoms with van der Waals surface area (Å²) in [6, 6.07) is 10.0. The molecule has 0 saturated carbocycles. The summed E-state index contributed by atoms with van der Waals surface area (Å²) in [5.41, 5.74) is 2.44. The first-order valence-electron chi connectivity index (χ1n) is 12.1. The maximum absolute atomic E-state index is 12.3. The van der Waals surface area contributed by atoms with Crippen LogP contribution in [0.2, 0.25) is 10.0 Å². The van der Waals surface area contributed by atoms with Crippen LogP contribution in [0, 0.1) is 0 Å². The number of halogens is 2. The molecular weight excluding hydrogens is 591 g/mol. The third kappa shape index (κ3) is 5.34. The second kappa shape index (κ2) is 10.2. The molecular formula is C25H26Cl2N2O8S2+2. The highest BCUT2D eigenvalue weighted by Crippen LogP contribution is 2.53. The summed E-state index contributed by atoms with van der Waals surface area (Å²) in [5, 5.41) is -0.257. The second-order valence-corrected chi connectivity index (χ2v) is 13.5. The largest absolute Gasteiger partial charge is 0.406 e. The molecule has 0 aliphatic carbocycles. The number of fused-ring (bicyclic) bond motifs is 3. The molecule has 1 saturated heterocycles. The van der Waals surface area contributed by atoms with Gasteiger partial charge in [-0.2, -0.15) is 21.4 Å². The van der Waals surface area contributed by atoms with Gasteiger partial charge in [-0.05, 0) is 36.3 Å². The Kier molecular flexibility index (Phi) is 7.34. The Bertz CT molecular complexity index is 1750. The van der Waals surface area contributed by atoms with Gasteiger partial charge in [0.1, 0.15) is 0 Å². The van der Waals surface area contributed by atoms with Crippen molar-refractivity contribution in [3.05, 3.63) is 69.9 Å². The number of hydrogen-bond acceptors (Lipinski definition) is 6. The minimum atomic E-state index is -4.41. The summed E-state index contributed by atoms with van der Waals surface area (Å²) in [6.07, 6.45) is 4.36.